The number of hydrogen-bond donors (Lipinski definition) is 0. The molecule has 3 heterocycles. The number of hydrogen-bond acceptors (Lipinski definition) is 6. The molecule has 0 saturated carbocycles. The second-order valence-electron chi connectivity index (χ2n) is 6.56. The van der Waals surface area contributed by atoms with Gasteiger partial charge in [-0.1, -0.05) is 30.3 Å². The van der Waals surface area contributed by atoms with Gasteiger partial charge in [0.2, 0.25) is 16.0 Å². The molecule has 0 N–H and O–H groups in total. The number of aryl methyl sites for hydroxylation is 1. The quantitative estimate of drug-likeness (QED) is 0.783. The molecule has 8 heteroatoms. The number of anilines is 1. The van der Waals surface area contributed by atoms with Crippen LogP contribution >= 0.6 is 0 Å². The van der Waals surface area contributed by atoms with E-state index < -0.39 is 10.0 Å². The first-order valence-electron chi connectivity index (χ1n) is 8.81. The number of ether oxygens (including phenoxy) is 1. The van der Waals surface area contributed by atoms with Crippen molar-refractivity contribution in [3.63, 3.8) is 0 Å². The van der Waals surface area contributed by atoms with Gasteiger partial charge in [-0.3, -0.25) is 0 Å². The summed E-state index contributed by atoms with van der Waals surface area (Å²) < 4.78 is 32.3. The maximum atomic E-state index is 12.7. The van der Waals surface area contributed by atoms with E-state index in [1.165, 1.54) is 4.31 Å². The number of morpholine rings is 1. The number of fused-ring (bicyclic) bond motifs is 1. The summed E-state index contributed by atoms with van der Waals surface area (Å²) in [5.41, 5.74) is 2.73. The van der Waals surface area contributed by atoms with Crippen molar-refractivity contribution in [2.45, 2.75) is 19.5 Å². The van der Waals surface area contributed by atoms with E-state index in [1.807, 2.05) is 30.3 Å². The number of nitrogens with zero attached hydrogens (tertiary/aromatic N) is 4. The first kappa shape index (κ1) is 17.4. The Bertz CT molecular complexity index is 867. The average Bonchev–Trinajstić information content (AvgIpc) is 3.12. The van der Waals surface area contributed by atoms with E-state index in [9.17, 15) is 8.42 Å². The zero-order valence-electron chi connectivity index (χ0n) is 14.5. The molecule has 1 fully saturated rings. The second-order valence-corrected chi connectivity index (χ2v) is 8.65. The summed E-state index contributed by atoms with van der Waals surface area (Å²) in [5, 5.41) is 0. The van der Waals surface area contributed by atoms with Crippen molar-refractivity contribution in [3.8, 4) is 0 Å². The molecular weight excluding hydrogens is 352 g/mol. The zero-order valence-corrected chi connectivity index (χ0v) is 15.4. The predicted octanol–water partition coefficient (Wildman–Crippen LogP) is 1.20. The first-order chi connectivity index (χ1) is 12.6. The Morgan fingerprint density at radius 1 is 1.08 bits per heavy atom. The lowest BCUT2D eigenvalue weighted by molar-refractivity contribution is 0.122. The molecule has 1 aromatic carbocycles. The molecule has 2 aliphatic heterocycles. The van der Waals surface area contributed by atoms with E-state index in [0.29, 0.717) is 38.7 Å². The van der Waals surface area contributed by atoms with Gasteiger partial charge in [-0.25, -0.2) is 18.4 Å². The van der Waals surface area contributed by atoms with Crippen LogP contribution in [0.3, 0.4) is 0 Å². The first-order valence-corrected chi connectivity index (χ1v) is 10.4. The molecule has 0 bridgehead atoms. The molecule has 1 saturated heterocycles. The van der Waals surface area contributed by atoms with E-state index in [-0.39, 0.29) is 5.75 Å². The Balaban J connectivity index is 1.44. The Morgan fingerprint density at radius 3 is 2.62 bits per heavy atom. The minimum absolute atomic E-state index is 0.106. The summed E-state index contributed by atoms with van der Waals surface area (Å²) in [4.78, 5) is 11.1. The molecule has 0 spiro atoms. The van der Waals surface area contributed by atoms with E-state index in [0.717, 1.165) is 29.9 Å². The summed E-state index contributed by atoms with van der Waals surface area (Å²) in [6.07, 6.45) is 2.28. The Kier molecular flexibility index (Phi) is 4.88. The Hall–Kier alpha value is -2.03. The van der Waals surface area contributed by atoms with Crippen LogP contribution < -0.4 is 4.90 Å². The van der Waals surface area contributed by atoms with Crippen LogP contribution in [0.4, 0.5) is 5.95 Å². The van der Waals surface area contributed by atoms with Crippen LogP contribution in [-0.2, 0) is 34.3 Å². The Labute approximate surface area is 153 Å². The van der Waals surface area contributed by atoms with Gasteiger partial charge in [-0.05, 0) is 12.0 Å². The lowest BCUT2D eigenvalue weighted by Crippen LogP contribution is -2.37. The molecule has 2 aliphatic rings. The molecule has 26 heavy (non-hydrogen) atoms. The summed E-state index contributed by atoms with van der Waals surface area (Å²) >= 11 is 0. The fourth-order valence-electron chi connectivity index (χ4n) is 3.25. The van der Waals surface area contributed by atoms with E-state index >= 15 is 0 Å². The van der Waals surface area contributed by atoms with Gasteiger partial charge in [0, 0.05) is 31.4 Å². The third-order valence-corrected chi connectivity index (χ3v) is 6.56. The zero-order chi connectivity index (χ0) is 18.0. The van der Waals surface area contributed by atoms with Crippen LogP contribution in [0, 0.1) is 0 Å². The average molecular weight is 374 g/mol. The van der Waals surface area contributed by atoms with E-state index in [2.05, 4.69) is 14.9 Å². The summed E-state index contributed by atoms with van der Waals surface area (Å²) in [7, 11) is -3.33. The van der Waals surface area contributed by atoms with Gasteiger partial charge >= 0.3 is 0 Å². The number of aromatic nitrogens is 2. The highest BCUT2D eigenvalue weighted by molar-refractivity contribution is 7.89. The van der Waals surface area contributed by atoms with Crippen LogP contribution in [0.15, 0.2) is 36.5 Å². The van der Waals surface area contributed by atoms with Crippen molar-refractivity contribution in [3.05, 3.63) is 53.3 Å². The van der Waals surface area contributed by atoms with E-state index in [4.69, 9.17) is 4.74 Å². The molecule has 138 valence electrons. The largest absolute Gasteiger partial charge is 0.378 e. The third kappa shape index (κ3) is 3.72. The molecule has 0 radical (unpaired) electrons. The molecule has 0 aliphatic carbocycles. The maximum absolute atomic E-state index is 12.7. The molecule has 0 atom stereocenters. The van der Waals surface area contributed by atoms with Crippen LogP contribution in [0.25, 0.3) is 0 Å². The van der Waals surface area contributed by atoms with Gasteiger partial charge in [-0.2, -0.15) is 4.31 Å². The molecular formula is C18H22N4O3S. The smallest absolute Gasteiger partial charge is 0.225 e. The molecule has 7 nitrogen and oxygen atoms in total. The molecule has 0 unspecified atom stereocenters. The lowest BCUT2D eigenvalue weighted by atomic mass is 10.2. The molecule has 2 aromatic rings. The monoisotopic (exact) mass is 374 g/mol. The highest BCUT2D eigenvalue weighted by atomic mass is 32.2. The minimum atomic E-state index is -3.33. The van der Waals surface area contributed by atoms with Crippen LogP contribution in [0.5, 0.6) is 0 Å². The number of benzene rings is 1. The highest BCUT2D eigenvalue weighted by Gasteiger charge is 2.31. The summed E-state index contributed by atoms with van der Waals surface area (Å²) in [6, 6.07) is 9.69. The van der Waals surface area contributed by atoms with Crippen molar-refractivity contribution in [1.82, 2.24) is 14.3 Å². The predicted molar refractivity (Wildman–Crippen MR) is 98.2 cm³/mol. The summed E-state index contributed by atoms with van der Waals surface area (Å²) in [6.45, 7) is 3.54. The Morgan fingerprint density at radius 2 is 1.85 bits per heavy atom. The van der Waals surface area contributed by atoms with Crippen molar-refractivity contribution in [2.24, 2.45) is 0 Å². The molecule has 1 aromatic heterocycles. The van der Waals surface area contributed by atoms with Gasteiger partial charge in [0.05, 0.1) is 31.2 Å². The number of sulfonamides is 1. The van der Waals surface area contributed by atoms with Crippen LogP contribution in [0.2, 0.25) is 0 Å². The van der Waals surface area contributed by atoms with E-state index in [1.54, 1.807) is 6.20 Å². The van der Waals surface area contributed by atoms with Gasteiger partial charge in [0.1, 0.15) is 0 Å². The third-order valence-electron chi connectivity index (χ3n) is 4.79. The minimum Gasteiger partial charge on any atom is -0.378 e. The normalized spacial score (nSPS) is 18.1. The molecule has 4 rings (SSSR count). The fourth-order valence-corrected chi connectivity index (χ4v) is 4.65. The van der Waals surface area contributed by atoms with Crippen LogP contribution in [-0.4, -0.2) is 54.7 Å². The number of rotatable bonds is 5. The topological polar surface area (TPSA) is 75.6 Å². The van der Waals surface area contributed by atoms with Gasteiger partial charge < -0.3 is 9.64 Å². The van der Waals surface area contributed by atoms with Gasteiger partial charge in [0.25, 0.3) is 0 Å². The highest BCUT2D eigenvalue weighted by Crippen LogP contribution is 2.25. The SMILES string of the molecule is O=S(=O)(CCc1ccccc1)N1Cc2cnc(N3CCOCC3)nc2C1. The van der Waals surface area contributed by atoms with Gasteiger partial charge in [-0.15, -0.1) is 0 Å². The lowest BCUT2D eigenvalue weighted by Gasteiger charge is -2.26. The van der Waals surface area contributed by atoms with Crippen molar-refractivity contribution in [2.75, 3.05) is 37.0 Å². The van der Waals surface area contributed by atoms with Crippen molar-refractivity contribution < 1.29 is 13.2 Å². The van der Waals surface area contributed by atoms with Crippen molar-refractivity contribution in [1.29, 1.82) is 0 Å². The van der Waals surface area contributed by atoms with Crippen LogP contribution in [0.1, 0.15) is 16.8 Å². The fraction of sp³-hybridized carbons (Fsp3) is 0.444. The van der Waals surface area contributed by atoms with Crippen molar-refractivity contribution >= 4 is 16.0 Å². The second kappa shape index (κ2) is 7.30. The molecule has 0 amide bonds. The maximum Gasteiger partial charge on any atom is 0.225 e. The summed E-state index contributed by atoms with van der Waals surface area (Å²) in [5.74, 6) is 0.768. The van der Waals surface area contributed by atoms with Gasteiger partial charge in [0.15, 0.2) is 0 Å². The standard InChI is InChI=1S/C18H22N4O3S/c23-26(24,11-6-15-4-2-1-3-5-15)22-13-16-12-19-18(20-17(16)14-22)21-7-9-25-10-8-21/h1-5,12H,6-11,13-14H2.